The fourth-order valence-corrected chi connectivity index (χ4v) is 3.83. The van der Waals surface area contributed by atoms with Crippen LogP contribution in [-0.4, -0.2) is 53.4 Å². The van der Waals surface area contributed by atoms with E-state index in [9.17, 15) is 4.79 Å². The first-order valence-electron chi connectivity index (χ1n) is 10.3. The van der Waals surface area contributed by atoms with Gasteiger partial charge in [0.05, 0.1) is 12.5 Å². The molecule has 0 radical (unpaired) electrons. The number of carbonyl (C=O) groups excluding carboxylic acids is 1. The highest BCUT2D eigenvalue weighted by atomic mass is 16.5. The number of furan rings is 1. The number of hydrogen-bond donors (Lipinski definition) is 1. The van der Waals surface area contributed by atoms with Gasteiger partial charge >= 0.3 is 0 Å². The number of rotatable bonds is 10. The first-order chi connectivity index (χ1) is 13.6. The third-order valence-electron chi connectivity index (χ3n) is 5.30. The number of nitrogens with one attached hydrogen (secondary N) is 1. The summed E-state index contributed by atoms with van der Waals surface area (Å²) in [5, 5.41) is 8.30. The van der Waals surface area contributed by atoms with Crippen LogP contribution in [0.25, 0.3) is 0 Å². The van der Waals surface area contributed by atoms with E-state index < -0.39 is 0 Å². The van der Waals surface area contributed by atoms with Crippen molar-refractivity contribution in [3.05, 3.63) is 41.1 Å². The molecule has 1 aliphatic rings. The third-order valence-corrected chi connectivity index (χ3v) is 5.30. The molecule has 7 heteroatoms. The summed E-state index contributed by atoms with van der Waals surface area (Å²) in [6.45, 7) is 7.89. The molecule has 154 valence electrons. The van der Waals surface area contributed by atoms with Crippen molar-refractivity contribution in [1.82, 2.24) is 20.0 Å². The van der Waals surface area contributed by atoms with Crippen molar-refractivity contribution >= 4 is 5.91 Å². The lowest BCUT2D eigenvalue weighted by Gasteiger charge is -2.25. The Kier molecular flexibility index (Phi) is 7.28. The Bertz CT molecular complexity index is 754. The van der Waals surface area contributed by atoms with E-state index in [1.807, 2.05) is 24.7 Å². The molecule has 2 aromatic heterocycles. The fourth-order valence-electron chi connectivity index (χ4n) is 3.83. The number of carbonyl (C=O) groups is 1. The standard InChI is InChI=1S/C21H32N4O3/c1-4-25-19-8-7-17(22-10-6-11-27-5-2)13-18(19)20(23-25)21(26)24(3)14-16-9-12-28-15-16/h9,12,15,17,22H,4-8,10-11,13-14H2,1-3H3. The molecule has 0 fully saturated rings. The van der Waals surface area contributed by atoms with Crippen molar-refractivity contribution in [1.29, 1.82) is 0 Å². The van der Waals surface area contributed by atoms with Gasteiger partial charge in [0.15, 0.2) is 5.69 Å². The van der Waals surface area contributed by atoms with Crippen LogP contribution in [0.15, 0.2) is 23.0 Å². The monoisotopic (exact) mass is 388 g/mol. The molecular formula is C21H32N4O3. The van der Waals surface area contributed by atoms with Gasteiger partial charge in [0, 0.05) is 56.2 Å². The average Bonchev–Trinajstić information content (AvgIpc) is 3.34. The van der Waals surface area contributed by atoms with Crippen LogP contribution in [-0.2, 0) is 30.7 Å². The van der Waals surface area contributed by atoms with Crippen molar-refractivity contribution in [2.75, 3.05) is 26.8 Å². The third kappa shape index (κ3) is 4.83. The van der Waals surface area contributed by atoms with Gasteiger partial charge < -0.3 is 19.4 Å². The van der Waals surface area contributed by atoms with Gasteiger partial charge in [-0.15, -0.1) is 0 Å². The van der Waals surface area contributed by atoms with Crippen LogP contribution in [0.5, 0.6) is 0 Å². The lowest BCUT2D eigenvalue weighted by molar-refractivity contribution is 0.0777. The van der Waals surface area contributed by atoms with E-state index in [4.69, 9.17) is 9.15 Å². The molecule has 0 saturated carbocycles. The smallest absolute Gasteiger partial charge is 0.274 e. The number of aryl methyl sites for hydroxylation is 1. The average molecular weight is 389 g/mol. The van der Waals surface area contributed by atoms with Crippen molar-refractivity contribution in [2.24, 2.45) is 0 Å². The second-order valence-electron chi connectivity index (χ2n) is 7.33. The van der Waals surface area contributed by atoms with E-state index in [0.29, 0.717) is 18.3 Å². The largest absolute Gasteiger partial charge is 0.472 e. The molecule has 28 heavy (non-hydrogen) atoms. The van der Waals surface area contributed by atoms with E-state index >= 15 is 0 Å². The highest BCUT2D eigenvalue weighted by Gasteiger charge is 2.30. The predicted molar refractivity (Wildman–Crippen MR) is 107 cm³/mol. The molecule has 0 aliphatic heterocycles. The van der Waals surface area contributed by atoms with Gasteiger partial charge in [-0.05, 0) is 52.1 Å². The Morgan fingerprint density at radius 1 is 1.46 bits per heavy atom. The summed E-state index contributed by atoms with van der Waals surface area (Å²) in [4.78, 5) is 14.8. The van der Waals surface area contributed by atoms with Crippen LogP contribution in [0.3, 0.4) is 0 Å². The molecule has 0 saturated heterocycles. The fraction of sp³-hybridized carbons (Fsp3) is 0.619. The van der Waals surface area contributed by atoms with Gasteiger partial charge in [0.1, 0.15) is 0 Å². The van der Waals surface area contributed by atoms with Gasteiger partial charge in [-0.25, -0.2) is 0 Å². The van der Waals surface area contributed by atoms with Crippen LogP contribution < -0.4 is 5.32 Å². The van der Waals surface area contributed by atoms with E-state index in [0.717, 1.165) is 63.1 Å². The molecule has 2 aromatic rings. The van der Waals surface area contributed by atoms with E-state index in [1.165, 1.54) is 5.69 Å². The van der Waals surface area contributed by atoms with Crippen molar-refractivity contribution < 1.29 is 13.9 Å². The van der Waals surface area contributed by atoms with Gasteiger partial charge in [-0.3, -0.25) is 9.48 Å². The minimum atomic E-state index is -0.0263. The molecule has 1 unspecified atom stereocenters. The van der Waals surface area contributed by atoms with Crippen LogP contribution in [0.2, 0.25) is 0 Å². The zero-order valence-electron chi connectivity index (χ0n) is 17.2. The molecule has 3 rings (SSSR count). The summed E-state index contributed by atoms with van der Waals surface area (Å²) in [6.07, 6.45) is 7.19. The van der Waals surface area contributed by atoms with Gasteiger partial charge in [0.25, 0.3) is 5.91 Å². The second-order valence-corrected chi connectivity index (χ2v) is 7.33. The Hall–Kier alpha value is -2.12. The maximum absolute atomic E-state index is 13.1. The van der Waals surface area contributed by atoms with Crippen LogP contribution in [0.4, 0.5) is 0 Å². The maximum Gasteiger partial charge on any atom is 0.274 e. The van der Waals surface area contributed by atoms with Crippen molar-refractivity contribution in [3.63, 3.8) is 0 Å². The second kappa shape index (κ2) is 9.89. The van der Waals surface area contributed by atoms with Crippen LogP contribution >= 0.6 is 0 Å². The SMILES string of the molecule is CCOCCCNC1CCc2c(c(C(=O)N(C)Cc3ccoc3)nn2CC)C1. The summed E-state index contributed by atoms with van der Waals surface area (Å²) in [5.41, 5.74) is 3.91. The predicted octanol–water partition coefficient (Wildman–Crippen LogP) is 2.64. The summed E-state index contributed by atoms with van der Waals surface area (Å²) in [6, 6.07) is 2.26. The summed E-state index contributed by atoms with van der Waals surface area (Å²) in [7, 11) is 1.82. The molecule has 1 aliphatic carbocycles. The zero-order chi connectivity index (χ0) is 19.9. The lowest BCUT2D eigenvalue weighted by Crippen LogP contribution is -2.36. The number of ether oxygens (including phenoxy) is 1. The summed E-state index contributed by atoms with van der Waals surface area (Å²) < 4.78 is 12.5. The Morgan fingerprint density at radius 3 is 3.04 bits per heavy atom. The minimum absolute atomic E-state index is 0.0263. The van der Waals surface area contributed by atoms with E-state index in [1.54, 1.807) is 17.4 Å². The summed E-state index contributed by atoms with van der Waals surface area (Å²) in [5.74, 6) is -0.0263. The minimum Gasteiger partial charge on any atom is -0.472 e. The highest BCUT2D eigenvalue weighted by molar-refractivity contribution is 5.94. The number of aromatic nitrogens is 2. The Morgan fingerprint density at radius 2 is 2.32 bits per heavy atom. The Balaban J connectivity index is 1.68. The molecule has 1 N–H and O–H groups in total. The van der Waals surface area contributed by atoms with Crippen molar-refractivity contribution in [2.45, 2.75) is 58.7 Å². The lowest BCUT2D eigenvalue weighted by atomic mass is 9.91. The van der Waals surface area contributed by atoms with E-state index in [-0.39, 0.29) is 5.91 Å². The van der Waals surface area contributed by atoms with E-state index in [2.05, 4.69) is 17.3 Å². The molecule has 2 heterocycles. The first kappa shape index (κ1) is 20.6. The number of hydrogen-bond acceptors (Lipinski definition) is 5. The molecule has 0 spiro atoms. The number of fused-ring (bicyclic) bond motifs is 1. The quantitative estimate of drug-likeness (QED) is 0.634. The molecule has 1 amide bonds. The molecular weight excluding hydrogens is 356 g/mol. The topological polar surface area (TPSA) is 72.5 Å². The van der Waals surface area contributed by atoms with Gasteiger partial charge in [-0.2, -0.15) is 5.10 Å². The van der Waals surface area contributed by atoms with Gasteiger partial charge in [0.2, 0.25) is 0 Å². The molecule has 7 nitrogen and oxygen atoms in total. The van der Waals surface area contributed by atoms with Crippen LogP contribution in [0.1, 0.15) is 54.0 Å². The molecule has 1 atom stereocenters. The zero-order valence-corrected chi connectivity index (χ0v) is 17.2. The Labute approximate surface area is 167 Å². The number of amides is 1. The summed E-state index contributed by atoms with van der Waals surface area (Å²) >= 11 is 0. The number of nitrogens with zero attached hydrogens (tertiary/aromatic N) is 3. The van der Waals surface area contributed by atoms with Crippen molar-refractivity contribution in [3.8, 4) is 0 Å². The van der Waals surface area contributed by atoms with Crippen LogP contribution in [0, 0.1) is 0 Å². The molecule has 0 aromatic carbocycles. The molecule has 0 bridgehead atoms. The highest BCUT2D eigenvalue weighted by Crippen LogP contribution is 2.26. The van der Waals surface area contributed by atoms with Gasteiger partial charge in [-0.1, -0.05) is 0 Å². The normalized spacial score (nSPS) is 16.2. The first-order valence-corrected chi connectivity index (χ1v) is 10.3. The maximum atomic E-state index is 13.1.